The van der Waals surface area contributed by atoms with Crippen LogP contribution >= 0.6 is 0 Å². The molecule has 2 heterocycles. The Hall–Kier alpha value is -6.38. The van der Waals surface area contributed by atoms with Crippen LogP contribution in [0.5, 0.6) is 0 Å². The van der Waals surface area contributed by atoms with Gasteiger partial charge in [-0.1, -0.05) is 140 Å². The van der Waals surface area contributed by atoms with E-state index in [0.717, 1.165) is 11.4 Å². The summed E-state index contributed by atoms with van der Waals surface area (Å²) in [7, 11) is 0. The van der Waals surface area contributed by atoms with Crippen molar-refractivity contribution in [2.24, 2.45) is 0 Å². The molecule has 0 unspecified atom stereocenters. The molecule has 2 nitrogen and oxygen atoms in total. The molecule has 0 radical (unpaired) electrons. The number of hydrogen-bond acceptors (Lipinski definition) is 0. The van der Waals surface area contributed by atoms with Crippen LogP contribution in [-0.4, -0.2) is 9.13 Å². The molecule has 0 fully saturated rings. The maximum Gasteiger partial charge on any atom is 0.0788 e. The van der Waals surface area contributed by atoms with Crippen molar-refractivity contribution in [2.75, 3.05) is 0 Å². The highest BCUT2D eigenvalue weighted by Crippen LogP contribution is 2.44. The van der Waals surface area contributed by atoms with Gasteiger partial charge >= 0.3 is 0 Å². The Labute approximate surface area is 278 Å². The first-order valence-electron chi connectivity index (χ1n) is 16.5. The summed E-state index contributed by atoms with van der Waals surface area (Å²) >= 11 is 0. The van der Waals surface area contributed by atoms with Crippen LogP contribution in [0.25, 0.3) is 87.9 Å². The number of para-hydroxylation sites is 2. The molecule has 0 saturated carbocycles. The van der Waals surface area contributed by atoms with Gasteiger partial charge in [-0.3, -0.25) is 0 Å². The molecule has 224 valence electrons. The normalized spacial score (nSPS) is 11.8. The molecular weight excluding hydrogens is 581 g/mol. The Bertz CT molecular complexity index is 2760. The number of rotatable bonds is 4. The molecule has 0 N–H and O–H groups in total. The lowest BCUT2D eigenvalue weighted by molar-refractivity contribution is 1.12. The zero-order chi connectivity index (χ0) is 31.6. The maximum absolute atomic E-state index is 2.43. The molecular formula is C46H30N2. The minimum absolute atomic E-state index is 1.14. The Balaban J connectivity index is 1.26. The van der Waals surface area contributed by atoms with Crippen molar-refractivity contribution in [3.8, 4) is 33.6 Å². The molecule has 10 aromatic rings. The van der Waals surface area contributed by atoms with Crippen LogP contribution in [0.15, 0.2) is 182 Å². The van der Waals surface area contributed by atoms with Gasteiger partial charge in [0.25, 0.3) is 0 Å². The third kappa shape index (κ3) is 3.93. The fourth-order valence-electron chi connectivity index (χ4n) is 7.90. The van der Waals surface area contributed by atoms with E-state index < -0.39 is 0 Å². The lowest BCUT2D eigenvalue weighted by atomic mass is 9.86. The molecule has 10 rings (SSSR count). The van der Waals surface area contributed by atoms with E-state index in [0.29, 0.717) is 0 Å². The minimum atomic E-state index is 1.14. The van der Waals surface area contributed by atoms with Gasteiger partial charge in [-0.2, -0.15) is 0 Å². The van der Waals surface area contributed by atoms with Gasteiger partial charge in [0.05, 0.1) is 16.6 Å². The van der Waals surface area contributed by atoms with Crippen molar-refractivity contribution in [1.29, 1.82) is 0 Å². The summed E-state index contributed by atoms with van der Waals surface area (Å²) in [6.45, 7) is 0. The Morgan fingerprint density at radius 3 is 1.56 bits per heavy atom. The summed E-state index contributed by atoms with van der Waals surface area (Å²) < 4.78 is 4.80. The van der Waals surface area contributed by atoms with E-state index >= 15 is 0 Å². The molecule has 0 aliphatic rings. The largest absolute Gasteiger partial charge is 0.315 e. The highest BCUT2D eigenvalue weighted by Gasteiger charge is 2.19. The van der Waals surface area contributed by atoms with Gasteiger partial charge in [0, 0.05) is 33.7 Å². The summed E-state index contributed by atoms with van der Waals surface area (Å²) in [4.78, 5) is 0. The lowest BCUT2D eigenvalue weighted by Crippen LogP contribution is -1.98. The third-order valence-corrected chi connectivity index (χ3v) is 9.91. The van der Waals surface area contributed by atoms with E-state index in [4.69, 9.17) is 0 Å². The van der Waals surface area contributed by atoms with Gasteiger partial charge < -0.3 is 9.13 Å². The molecule has 2 heteroatoms. The highest BCUT2D eigenvalue weighted by atomic mass is 15.0. The quantitative estimate of drug-likeness (QED) is 0.175. The van der Waals surface area contributed by atoms with Crippen LogP contribution in [0.4, 0.5) is 0 Å². The molecule has 0 aliphatic carbocycles. The van der Waals surface area contributed by atoms with E-state index in [9.17, 15) is 0 Å². The monoisotopic (exact) mass is 610 g/mol. The van der Waals surface area contributed by atoms with Gasteiger partial charge in [-0.25, -0.2) is 0 Å². The summed E-state index contributed by atoms with van der Waals surface area (Å²) in [6.07, 6.45) is 2.23. The molecule has 8 aromatic carbocycles. The number of nitrogens with zero attached hydrogens (tertiary/aromatic N) is 2. The van der Waals surface area contributed by atoms with E-state index in [1.807, 2.05) is 0 Å². The zero-order valence-electron chi connectivity index (χ0n) is 26.2. The van der Waals surface area contributed by atoms with Crippen molar-refractivity contribution in [3.63, 3.8) is 0 Å². The highest BCUT2D eigenvalue weighted by molar-refractivity contribution is 6.22. The second-order valence-corrected chi connectivity index (χ2v) is 12.5. The van der Waals surface area contributed by atoms with Crippen molar-refractivity contribution in [1.82, 2.24) is 9.13 Å². The van der Waals surface area contributed by atoms with Crippen LogP contribution in [0.3, 0.4) is 0 Å². The lowest BCUT2D eigenvalue weighted by Gasteiger charge is -2.18. The van der Waals surface area contributed by atoms with Crippen molar-refractivity contribution < 1.29 is 0 Å². The van der Waals surface area contributed by atoms with Gasteiger partial charge in [0.15, 0.2) is 0 Å². The standard InChI is InChI=1S/C46H30N2/c1-3-14-31(15-4-1)43-37-21-7-9-23-39(37)44(40-24-10-8-22-38(40)43)33-16-13-19-35(30-33)47-29-28-32-26-27-41-36-20-11-12-25-42(36)48(46(41)45(32)47)34-17-5-2-6-18-34/h1-30H. The van der Waals surface area contributed by atoms with Gasteiger partial charge in [0.2, 0.25) is 0 Å². The molecule has 0 spiro atoms. The third-order valence-electron chi connectivity index (χ3n) is 9.91. The second kappa shape index (κ2) is 10.6. The molecule has 0 bridgehead atoms. The minimum Gasteiger partial charge on any atom is -0.315 e. The van der Waals surface area contributed by atoms with Crippen molar-refractivity contribution >= 4 is 54.3 Å². The van der Waals surface area contributed by atoms with E-state index in [-0.39, 0.29) is 0 Å². The zero-order valence-corrected chi connectivity index (χ0v) is 26.2. The fourth-order valence-corrected chi connectivity index (χ4v) is 7.90. The van der Waals surface area contributed by atoms with E-state index in [1.165, 1.54) is 76.5 Å². The first-order chi connectivity index (χ1) is 23.8. The van der Waals surface area contributed by atoms with Crippen molar-refractivity contribution in [2.45, 2.75) is 0 Å². The molecule has 2 aromatic heterocycles. The topological polar surface area (TPSA) is 9.86 Å². The van der Waals surface area contributed by atoms with Crippen LogP contribution in [0.1, 0.15) is 0 Å². The Morgan fingerprint density at radius 2 is 0.875 bits per heavy atom. The number of benzene rings is 8. The van der Waals surface area contributed by atoms with Crippen LogP contribution in [0.2, 0.25) is 0 Å². The summed E-state index contributed by atoms with van der Waals surface area (Å²) in [6, 6.07) is 63.9. The van der Waals surface area contributed by atoms with Gasteiger partial charge in [0.1, 0.15) is 0 Å². The van der Waals surface area contributed by atoms with Crippen molar-refractivity contribution in [3.05, 3.63) is 182 Å². The molecule has 0 aliphatic heterocycles. The smallest absolute Gasteiger partial charge is 0.0788 e. The predicted octanol–water partition coefficient (Wildman–Crippen LogP) is 12.4. The molecule has 0 amide bonds. The van der Waals surface area contributed by atoms with Crippen LogP contribution in [-0.2, 0) is 0 Å². The predicted molar refractivity (Wildman–Crippen MR) is 203 cm³/mol. The summed E-state index contributed by atoms with van der Waals surface area (Å²) in [5.74, 6) is 0. The first-order valence-corrected chi connectivity index (χ1v) is 16.5. The summed E-state index contributed by atoms with van der Waals surface area (Å²) in [5, 5.41) is 8.79. The summed E-state index contributed by atoms with van der Waals surface area (Å²) in [5.41, 5.74) is 10.9. The molecule has 0 atom stereocenters. The maximum atomic E-state index is 2.43. The number of fused-ring (bicyclic) bond motifs is 7. The number of aromatic nitrogens is 2. The van der Waals surface area contributed by atoms with Gasteiger partial charge in [-0.05, 0) is 80.2 Å². The van der Waals surface area contributed by atoms with Gasteiger partial charge in [-0.15, -0.1) is 0 Å². The molecule has 0 saturated heterocycles. The van der Waals surface area contributed by atoms with Crippen LogP contribution in [0, 0.1) is 0 Å². The Kier molecular flexibility index (Phi) is 5.91. The fraction of sp³-hybridized carbons (Fsp3) is 0. The number of hydrogen-bond donors (Lipinski definition) is 0. The first kappa shape index (κ1) is 26.8. The average molecular weight is 611 g/mol. The SMILES string of the molecule is c1ccc(-c2c3ccccc3c(-c3cccc(-n4ccc5ccc6c7ccccc7n(-c7ccccc7)c6c54)c3)c3ccccc23)cc1. The average Bonchev–Trinajstić information content (AvgIpc) is 3.74. The van der Waals surface area contributed by atoms with E-state index in [2.05, 4.69) is 191 Å². The Morgan fingerprint density at radius 1 is 0.333 bits per heavy atom. The molecule has 48 heavy (non-hydrogen) atoms. The second-order valence-electron chi connectivity index (χ2n) is 12.5. The van der Waals surface area contributed by atoms with Crippen LogP contribution < -0.4 is 0 Å². The van der Waals surface area contributed by atoms with E-state index in [1.54, 1.807) is 0 Å².